The van der Waals surface area contributed by atoms with Gasteiger partial charge in [-0.15, -0.1) is 0 Å². The first kappa shape index (κ1) is 13.7. The number of aryl methyl sites for hydroxylation is 1. The molecule has 3 nitrogen and oxygen atoms in total. The number of likely N-dealkylation sites (N-methyl/N-ethyl adjacent to an activating group) is 1. The van der Waals surface area contributed by atoms with Crippen LogP contribution in [0.4, 0.5) is 5.69 Å². The standard InChI is InChI=1S/C14H22N2O/c1-4-5-6-13(15)14(17)16(3)12-9-7-11(2)8-10-12/h7-10,13H,4-6,15H2,1-3H3/t13-/m0/s1. The van der Waals surface area contributed by atoms with E-state index in [-0.39, 0.29) is 11.9 Å². The summed E-state index contributed by atoms with van der Waals surface area (Å²) in [5, 5.41) is 0. The Hall–Kier alpha value is -1.35. The Labute approximate surface area is 104 Å². The fraction of sp³-hybridized carbons (Fsp3) is 0.500. The van der Waals surface area contributed by atoms with Crippen LogP contribution in [-0.2, 0) is 4.79 Å². The maximum Gasteiger partial charge on any atom is 0.243 e. The third kappa shape index (κ3) is 3.86. The highest BCUT2D eigenvalue weighted by molar-refractivity contribution is 5.96. The van der Waals surface area contributed by atoms with Crippen molar-refractivity contribution in [2.45, 2.75) is 39.2 Å². The minimum absolute atomic E-state index is 0.0118. The number of anilines is 1. The molecule has 0 fully saturated rings. The number of carbonyl (C=O) groups is 1. The topological polar surface area (TPSA) is 46.3 Å². The van der Waals surface area contributed by atoms with Gasteiger partial charge in [0.1, 0.15) is 0 Å². The van der Waals surface area contributed by atoms with E-state index in [0.717, 1.165) is 24.9 Å². The van der Waals surface area contributed by atoms with E-state index in [1.807, 2.05) is 31.2 Å². The van der Waals surface area contributed by atoms with Crippen LogP contribution in [0.5, 0.6) is 0 Å². The summed E-state index contributed by atoms with van der Waals surface area (Å²) >= 11 is 0. The average molecular weight is 234 g/mol. The highest BCUT2D eigenvalue weighted by atomic mass is 16.2. The lowest BCUT2D eigenvalue weighted by molar-refractivity contribution is -0.119. The number of amides is 1. The van der Waals surface area contributed by atoms with E-state index < -0.39 is 0 Å². The highest BCUT2D eigenvalue weighted by Gasteiger charge is 2.18. The Morgan fingerprint density at radius 3 is 2.47 bits per heavy atom. The van der Waals surface area contributed by atoms with Gasteiger partial charge in [-0.25, -0.2) is 0 Å². The van der Waals surface area contributed by atoms with Crippen molar-refractivity contribution in [3.05, 3.63) is 29.8 Å². The van der Waals surface area contributed by atoms with Crippen LogP contribution in [0.25, 0.3) is 0 Å². The quantitative estimate of drug-likeness (QED) is 0.850. The molecular formula is C14H22N2O. The molecule has 0 saturated heterocycles. The second-order valence-corrected chi connectivity index (χ2v) is 4.48. The lowest BCUT2D eigenvalue weighted by Gasteiger charge is -2.21. The molecule has 0 bridgehead atoms. The van der Waals surface area contributed by atoms with Gasteiger partial charge in [-0.05, 0) is 25.5 Å². The number of unbranched alkanes of at least 4 members (excludes halogenated alkanes) is 1. The summed E-state index contributed by atoms with van der Waals surface area (Å²) in [6.07, 6.45) is 2.81. The second kappa shape index (κ2) is 6.40. The summed E-state index contributed by atoms with van der Waals surface area (Å²) in [5.41, 5.74) is 7.96. The number of nitrogens with two attached hydrogens (primary N) is 1. The van der Waals surface area contributed by atoms with E-state index in [2.05, 4.69) is 6.92 Å². The number of nitrogens with zero attached hydrogens (tertiary/aromatic N) is 1. The van der Waals surface area contributed by atoms with Gasteiger partial charge < -0.3 is 10.6 Å². The molecule has 0 unspecified atom stereocenters. The summed E-state index contributed by atoms with van der Waals surface area (Å²) in [6.45, 7) is 4.12. The molecule has 1 aromatic rings. The molecule has 2 N–H and O–H groups in total. The maximum atomic E-state index is 12.0. The number of carbonyl (C=O) groups excluding carboxylic acids is 1. The van der Waals surface area contributed by atoms with E-state index in [1.165, 1.54) is 5.56 Å². The van der Waals surface area contributed by atoms with Gasteiger partial charge in [0.15, 0.2) is 0 Å². The molecule has 17 heavy (non-hydrogen) atoms. The number of benzene rings is 1. The van der Waals surface area contributed by atoms with Gasteiger partial charge in [-0.2, -0.15) is 0 Å². The lowest BCUT2D eigenvalue weighted by Crippen LogP contribution is -2.41. The maximum absolute atomic E-state index is 12.0. The zero-order chi connectivity index (χ0) is 12.8. The Morgan fingerprint density at radius 1 is 1.35 bits per heavy atom. The molecule has 0 spiro atoms. The predicted octanol–water partition coefficient (Wildman–Crippen LogP) is 2.48. The minimum Gasteiger partial charge on any atom is -0.320 e. The molecule has 1 aromatic carbocycles. The minimum atomic E-state index is -0.388. The van der Waals surface area contributed by atoms with Crippen LogP contribution in [0.3, 0.4) is 0 Å². The zero-order valence-corrected chi connectivity index (χ0v) is 10.9. The summed E-state index contributed by atoms with van der Waals surface area (Å²) < 4.78 is 0. The van der Waals surface area contributed by atoms with E-state index in [4.69, 9.17) is 5.73 Å². The van der Waals surface area contributed by atoms with Crippen molar-refractivity contribution in [1.29, 1.82) is 0 Å². The molecule has 1 rings (SSSR count). The fourth-order valence-corrected chi connectivity index (χ4v) is 1.69. The lowest BCUT2D eigenvalue weighted by atomic mass is 10.1. The molecule has 1 amide bonds. The van der Waals surface area contributed by atoms with Crippen molar-refractivity contribution in [2.24, 2.45) is 5.73 Å². The van der Waals surface area contributed by atoms with Crippen molar-refractivity contribution in [3.8, 4) is 0 Å². The largest absolute Gasteiger partial charge is 0.320 e. The molecule has 0 saturated carbocycles. The summed E-state index contributed by atoms with van der Waals surface area (Å²) in [5.74, 6) is -0.0118. The molecule has 0 heterocycles. The highest BCUT2D eigenvalue weighted by Crippen LogP contribution is 2.15. The Balaban J connectivity index is 2.65. The summed E-state index contributed by atoms with van der Waals surface area (Å²) in [6, 6.07) is 7.49. The molecule has 0 aliphatic heterocycles. The van der Waals surface area contributed by atoms with Gasteiger partial charge in [-0.1, -0.05) is 37.5 Å². The summed E-state index contributed by atoms with van der Waals surface area (Å²) in [4.78, 5) is 13.7. The molecule has 0 aromatic heterocycles. The molecule has 0 aliphatic rings. The molecular weight excluding hydrogens is 212 g/mol. The van der Waals surface area contributed by atoms with Crippen molar-refractivity contribution in [1.82, 2.24) is 0 Å². The van der Waals surface area contributed by atoms with E-state index in [1.54, 1.807) is 11.9 Å². The van der Waals surface area contributed by atoms with Crippen LogP contribution in [0.1, 0.15) is 31.7 Å². The van der Waals surface area contributed by atoms with Crippen molar-refractivity contribution in [2.75, 3.05) is 11.9 Å². The van der Waals surface area contributed by atoms with Crippen LogP contribution in [0.2, 0.25) is 0 Å². The third-order valence-electron chi connectivity index (χ3n) is 2.94. The third-order valence-corrected chi connectivity index (χ3v) is 2.94. The second-order valence-electron chi connectivity index (χ2n) is 4.48. The van der Waals surface area contributed by atoms with Gasteiger partial charge >= 0.3 is 0 Å². The first-order valence-corrected chi connectivity index (χ1v) is 6.16. The van der Waals surface area contributed by atoms with Crippen LogP contribution in [-0.4, -0.2) is 19.0 Å². The van der Waals surface area contributed by atoms with Crippen LogP contribution in [0, 0.1) is 6.92 Å². The monoisotopic (exact) mass is 234 g/mol. The van der Waals surface area contributed by atoms with Gasteiger partial charge in [0.25, 0.3) is 0 Å². The number of hydrogen-bond donors (Lipinski definition) is 1. The van der Waals surface area contributed by atoms with Crippen LogP contribution >= 0.6 is 0 Å². The molecule has 0 aliphatic carbocycles. The molecule has 3 heteroatoms. The van der Waals surface area contributed by atoms with E-state index in [0.29, 0.717) is 0 Å². The first-order valence-electron chi connectivity index (χ1n) is 6.16. The Bertz CT molecular complexity index is 359. The molecule has 0 radical (unpaired) electrons. The smallest absolute Gasteiger partial charge is 0.243 e. The van der Waals surface area contributed by atoms with Crippen LogP contribution in [0.15, 0.2) is 24.3 Å². The molecule has 94 valence electrons. The van der Waals surface area contributed by atoms with Gasteiger partial charge in [0.2, 0.25) is 5.91 Å². The summed E-state index contributed by atoms with van der Waals surface area (Å²) in [7, 11) is 1.78. The van der Waals surface area contributed by atoms with Crippen LogP contribution < -0.4 is 10.6 Å². The zero-order valence-electron chi connectivity index (χ0n) is 10.9. The van der Waals surface area contributed by atoms with Crippen molar-refractivity contribution < 1.29 is 4.79 Å². The van der Waals surface area contributed by atoms with Crippen molar-refractivity contribution >= 4 is 11.6 Å². The Kier molecular flexibility index (Phi) is 5.16. The number of hydrogen-bond acceptors (Lipinski definition) is 2. The normalized spacial score (nSPS) is 12.2. The Morgan fingerprint density at radius 2 is 1.94 bits per heavy atom. The van der Waals surface area contributed by atoms with Gasteiger partial charge in [0, 0.05) is 12.7 Å². The first-order chi connectivity index (χ1) is 8.06. The van der Waals surface area contributed by atoms with Gasteiger partial charge in [-0.3, -0.25) is 4.79 Å². The van der Waals surface area contributed by atoms with Gasteiger partial charge in [0.05, 0.1) is 6.04 Å². The average Bonchev–Trinajstić information content (AvgIpc) is 2.35. The SMILES string of the molecule is CCCC[C@H](N)C(=O)N(C)c1ccc(C)cc1. The van der Waals surface area contributed by atoms with E-state index >= 15 is 0 Å². The van der Waals surface area contributed by atoms with E-state index in [9.17, 15) is 4.79 Å². The number of rotatable bonds is 5. The fourth-order valence-electron chi connectivity index (χ4n) is 1.69. The molecule has 1 atom stereocenters. The van der Waals surface area contributed by atoms with Crippen molar-refractivity contribution in [3.63, 3.8) is 0 Å². The predicted molar refractivity (Wildman–Crippen MR) is 72.1 cm³/mol.